The molecule has 0 radical (unpaired) electrons. The van der Waals surface area contributed by atoms with Gasteiger partial charge in [0.05, 0.1) is 0 Å². The van der Waals surface area contributed by atoms with Crippen LogP contribution in [0.1, 0.15) is 18.4 Å². The van der Waals surface area contributed by atoms with Gasteiger partial charge in [-0.1, -0.05) is 29.8 Å². The maximum absolute atomic E-state index is 11.9. The lowest BCUT2D eigenvalue weighted by Gasteiger charge is -2.21. The third-order valence-electron chi connectivity index (χ3n) is 3.33. The van der Waals surface area contributed by atoms with Crippen LogP contribution in [0.3, 0.4) is 0 Å². The van der Waals surface area contributed by atoms with Gasteiger partial charge in [0.1, 0.15) is 0 Å². The normalized spacial score (nSPS) is 15.9. The molecule has 1 fully saturated rings. The molecule has 2 rings (SSSR count). The van der Waals surface area contributed by atoms with Crippen LogP contribution in [-0.2, 0) is 4.79 Å². The molecular formula is C15H18ClN3O2. The summed E-state index contributed by atoms with van der Waals surface area (Å²) in [7, 11) is 0. The predicted molar refractivity (Wildman–Crippen MR) is 82.8 cm³/mol. The first-order valence-corrected chi connectivity index (χ1v) is 7.28. The Hall–Kier alpha value is -1.85. The third-order valence-corrected chi connectivity index (χ3v) is 3.67. The van der Waals surface area contributed by atoms with Crippen LogP contribution in [0.25, 0.3) is 6.08 Å². The van der Waals surface area contributed by atoms with E-state index >= 15 is 0 Å². The summed E-state index contributed by atoms with van der Waals surface area (Å²) in [5.74, 6) is -0.315. The molecule has 0 unspecified atom stereocenters. The van der Waals surface area contributed by atoms with E-state index in [1.807, 2.05) is 18.2 Å². The summed E-state index contributed by atoms with van der Waals surface area (Å²) in [6, 6.07) is 6.76. The summed E-state index contributed by atoms with van der Waals surface area (Å²) in [5, 5.41) is 8.63. The zero-order valence-corrected chi connectivity index (χ0v) is 12.3. The van der Waals surface area contributed by atoms with Crippen LogP contribution in [-0.4, -0.2) is 25.0 Å². The Balaban J connectivity index is 1.79. The summed E-state index contributed by atoms with van der Waals surface area (Å²) < 4.78 is 0. The first-order valence-electron chi connectivity index (χ1n) is 6.90. The average molecular weight is 308 g/mol. The van der Waals surface area contributed by atoms with Gasteiger partial charge in [0.25, 0.3) is 0 Å². The third kappa shape index (κ3) is 4.88. The van der Waals surface area contributed by atoms with E-state index in [0.29, 0.717) is 5.02 Å². The number of imide groups is 1. The van der Waals surface area contributed by atoms with Crippen molar-refractivity contribution in [1.82, 2.24) is 16.0 Å². The van der Waals surface area contributed by atoms with E-state index in [1.54, 1.807) is 12.1 Å². The van der Waals surface area contributed by atoms with E-state index in [1.165, 1.54) is 6.20 Å². The molecule has 6 heteroatoms. The molecule has 1 aromatic carbocycles. The number of urea groups is 1. The van der Waals surface area contributed by atoms with Gasteiger partial charge in [-0.15, -0.1) is 0 Å². The maximum Gasteiger partial charge on any atom is 0.325 e. The number of hydrogen-bond acceptors (Lipinski definition) is 3. The van der Waals surface area contributed by atoms with Gasteiger partial charge < -0.3 is 10.6 Å². The van der Waals surface area contributed by atoms with Crippen LogP contribution in [0.2, 0.25) is 5.02 Å². The van der Waals surface area contributed by atoms with Gasteiger partial charge in [-0.3, -0.25) is 10.1 Å². The minimum absolute atomic E-state index is 0.0930. The highest BCUT2D eigenvalue weighted by atomic mass is 35.5. The van der Waals surface area contributed by atoms with Crippen molar-refractivity contribution >= 4 is 29.6 Å². The van der Waals surface area contributed by atoms with Crippen molar-refractivity contribution in [3.63, 3.8) is 0 Å². The number of halogens is 1. The van der Waals surface area contributed by atoms with Gasteiger partial charge in [0, 0.05) is 17.1 Å². The van der Waals surface area contributed by atoms with Gasteiger partial charge in [-0.05, 0) is 43.6 Å². The van der Waals surface area contributed by atoms with Crippen LogP contribution in [0, 0.1) is 5.92 Å². The number of carbonyl (C=O) groups is 2. The Morgan fingerprint density at radius 1 is 1.24 bits per heavy atom. The molecule has 1 saturated heterocycles. The molecule has 0 bridgehead atoms. The van der Waals surface area contributed by atoms with Crippen molar-refractivity contribution in [3.05, 3.63) is 41.1 Å². The second kappa shape index (κ2) is 7.81. The van der Waals surface area contributed by atoms with Gasteiger partial charge >= 0.3 is 6.03 Å². The lowest BCUT2D eigenvalue weighted by atomic mass is 9.97. The Kier molecular flexibility index (Phi) is 5.78. The first-order chi connectivity index (χ1) is 10.2. The van der Waals surface area contributed by atoms with Gasteiger partial charge in [0.2, 0.25) is 5.91 Å². The fourth-order valence-electron chi connectivity index (χ4n) is 2.15. The number of benzene rings is 1. The predicted octanol–water partition coefficient (Wildman–Crippen LogP) is 2.14. The summed E-state index contributed by atoms with van der Waals surface area (Å²) in [5.41, 5.74) is 0.796. The molecule has 112 valence electrons. The molecule has 0 spiro atoms. The molecule has 1 heterocycles. The van der Waals surface area contributed by atoms with Crippen molar-refractivity contribution in [1.29, 1.82) is 0 Å². The Morgan fingerprint density at radius 3 is 2.67 bits per heavy atom. The lowest BCUT2D eigenvalue weighted by Crippen LogP contribution is -2.43. The molecule has 0 aromatic heterocycles. The van der Waals surface area contributed by atoms with Crippen LogP contribution in [0.4, 0.5) is 4.79 Å². The number of piperidine rings is 1. The Morgan fingerprint density at radius 2 is 1.95 bits per heavy atom. The van der Waals surface area contributed by atoms with E-state index < -0.39 is 6.03 Å². The van der Waals surface area contributed by atoms with Gasteiger partial charge in [-0.2, -0.15) is 0 Å². The van der Waals surface area contributed by atoms with E-state index in [0.717, 1.165) is 31.5 Å². The highest BCUT2D eigenvalue weighted by molar-refractivity contribution is 6.32. The molecule has 5 nitrogen and oxygen atoms in total. The molecule has 0 aliphatic carbocycles. The number of amides is 3. The Labute approximate surface area is 128 Å². The molecule has 1 aromatic rings. The SMILES string of the molecule is O=C(N/C=C/c1ccccc1Cl)NC(=O)C1CCNCC1. The summed E-state index contributed by atoms with van der Waals surface area (Å²) >= 11 is 5.99. The lowest BCUT2D eigenvalue weighted by molar-refractivity contribution is -0.124. The number of nitrogens with one attached hydrogen (secondary N) is 3. The molecule has 3 N–H and O–H groups in total. The molecule has 21 heavy (non-hydrogen) atoms. The monoisotopic (exact) mass is 307 g/mol. The van der Waals surface area contributed by atoms with Crippen LogP contribution in [0.5, 0.6) is 0 Å². The van der Waals surface area contributed by atoms with Crippen molar-refractivity contribution in [2.75, 3.05) is 13.1 Å². The zero-order chi connectivity index (χ0) is 15.1. The van der Waals surface area contributed by atoms with Crippen molar-refractivity contribution in [3.8, 4) is 0 Å². The second-order valence-electron chi connectivity index (χ2n) is 4.84. The smallest absolute Gasteiger partial charge is 0.317 e. The molecule has 0 atom stereocenters. The van der Waals surface area contributed by atoms with Crippen molar-refractivity contribution in [2.24, 2.45) is 5.92 Å². The number of hydrogen-bond donors (Lipinski definition) is 3. The van der Waals surface area contributed by atoms with Crippen LogP contribution < -0.4 is 16.0 Å². The van der Waals surface area contributed by atoms with Crippen molar-refractivity contribution < 1.29 is 9.59 Å². The van der Waals surface area contributed by atoms with Crippen LogP contribution >= 0.6 is 11.6 Å². The highest BCUT2D eigenvalue weighted by Gasteiger charge is 2.21. The zero-order valence-electron chi connectivity index (χ0n) is 11.6. The largest absolute Gasteiger partial charge is 0.325 e. The molecule has 3 amide bonds. The number of carbonyl (C=O) groups excluding carboxylic acids is 2. The summed E-state index contributed by atoms with van der Waals surface area (Å²) in [6.07, 6.45) is 4.66. The maximum atomic E-state index is 11.9. The van der Waals surface area contributed by atoms with E-state index in [2.05, 4.69) is 16.0 Å². The van der Waals surface area contributed by atoms with Gasteiger partial charge in [-0.25, -0.2) is 4.79 Å². The standard InChI is InChI=1S/C15H18ClN3O2/c16-13-4-2-1-3-11(13)7-10-18-15(21)19-14(20)12-5-8-17-9-6-12/h1-4,7,10,12,17H,5-6,8-9H2,(H2,18,19,20,21)/b10-7+. The van der Waals surface area contributed by atoms with Crippen LogP contribution in [0.15, 0.2) is 30.5 Å². The average Bonchev–Trinajstić information content (AvgIpc) is 2.50. The van der Waals surface area contributed by atoms with Gasteiger partial charge in [0.15, 0.2) is 0 Å². The topological polar surface area (TPSA) is 70.2 Å². The Bertz CT molecular complexity index is 539. The molecule has 1 aliphatic heterocycles. The quantitative estimate of drug-likeness (QED) is 0.801. The van der Waals surface area contributed by atoms with Crippen molar-refractivity contribution in [2.45, 2.75) is 12.8 Å². The van der Waals surface area contributed by atoms with E-state index in [4.69, 9.17) is 11.6 Å². The summed E-state index contributed by atoms with van der Waals surface area (Å²) in [4.78, 5) is 23.5. The first kappa shape index (κ1) is 15.5. The molecule has 0 saturated carbocycles. The molecular weight excluding hydrogens is 290 g/mol. The second-order valence-corrected chi connectivity index (χ2v) is 5.25. The number of rotatable bonds is 3. The highest BCUT2D eigenvalue weighted by Crippen LogP contribution is 2.15. The fourth-order valence-corrected chi connectivity index (χ4v) is 2.35. The molecule has 1 aliphatic rings. The van der Waals surface area contributed by atoms with E-state index in [9.17, 15) is 9.59 Å². The summed E-state index contributed by atoms with van der Waals surface area (Å²) in [6.45, 7) is 1.62. The minimum atomic E-state index is -0.526. The van der Waals surface area contributed by atoms with E-state index in [-0.39, 0.29) is 11.8 Å². The fraction of sp³-hybridized carbons (Fsp3) is 0.333. The minimum Gasteiger partial charge on any atom is -0.317 e.